The smallest absolute Gasteiger partial charge is 0.0966 e. The fourth-order valence-corrected chi connectivity index (χ4v) is 1.71. The third-order valence-corrected chi connectivity index (χ3v) is 2.68. The van der Waals surface area contributed by atoms with Gasteiger partial charge in [0.1, 0.15) is 0 Å². The van der Waals surface area contributed by atoms with Crippen LogP contribution in [0.3, 0.4) is 0 Å². The van der Waals surface area contributed by atoms with E-state index in [-0.39, 0.29) is 12.0 Å². The van der Waals surface area contributed by atoms with Crippen LogP contribution in [-0.4, -0.2) is 30.1 Å². The van der Waals surface area contributed by atoms with Gasteiger partial charge in [0.25, 0.3) is 0 Å². The zero-order chi connectivity index (χ0) is 10.6. The van der Waals surface area contributed by atoms with Gasteiger partial charge in [0, 0.05) is 25.6 Å². The summed E-state index contributed by atoms with van der Waals surface area (Å²) in [5.41, 5.74) is 0.174. The molecule has 0 radical (unpaired) electrons. The van der Waals surface area contributed by atoms with Crippen LogP contribution in [0.4, 0.5) is 0 Å². The second kappa shape index (κ2) is 4.78. The van der Waals surface area contributed by atoms with Crippen molar-refractivity contribution >= 4 is 5.84 Å². The monoisotopic (exact) mass is 198 g/mol. The molecule has 2 N–H and O–H groups in total. The predicted octanol–water partition coefficient (Wildman–Crippen LogP) is 1.57. The largest absolute Gasteiger partial charge is 0.396 e. The average Bonchev–Trinajstić information content (AvgIpc) is 2.54. The van der Waals surface area contributed by atoms with E-state index in [1.807, 2.05) is 0 Å². The Morgan fingerprint density at radius 1 is 1.50 bits per heavy atom. The minimum atomic E-state index is 0.174. The topological polar surface area (TPSA) is 44.6 Å². The van der Waals surface area contributed by atoms with Gasteiger partial charge >= 0.3 is 0 Å². The number of aliphatic imine (C=N–C) groups is 1. The lowest BCUT2D eigenvalue weighted by Gasteiger charge is -2.31. The number of amidine groups is 1. The molecule has 0 aliphatic carbocycles. The van der Waals surface area contributed by atoms with Crippen LogP contribution in [0.1, 0.15) is 40.0 Å². The lowest BCUT2D eigenvalue weighted by atomic mass is 9.85. The molecular formula is C11H22N2O. The van der Waals surface area contributed by atoms with Gasteiger partial charge in [-0.3, -0.25) is 4.99 Å². The van der Waals surface area contributed by atoms with E-state index >= 15 is 0 Å². The molecule has 0 spiro atoms. The quantitative estimate of drug-likeness (QED) is 0.723. The van der Waals surface area contributed by atoms with E-state index in [4.69, 9.17) is 5.11 Å². The van der Waals surface area contributed by atoms with Crippen LogP contribution in [-0.2, 0) is 0 Å². The van der Waals surface area contributed by atoms with E-state index < -0.39 is 0 Å². The van der Waals surface area contributed by atoms with Crippen molar-refractivity contribution in [3.05, 3.63) is 0 Å². The normalized spacial score (nSPS) is 19.3. The van der Waals surface area contributed by atoms with E-state index in [9.17, 15) is 0 Å². The molecule has 3 nitrogen and oxygen atoms in total. The second-order valence-electron chi connectivity index (χ2n) is 5.01. The highest BCUT2D eigenvalue weighted by molar-refractivity contribution is 5.83. The molecule has 0 saturated heterocycles. The summed E-state index contributed by atoms with van der Waals surface area (Å²) in [6.07, 6.45) is 3.03. The summed E-state index contributed by atoms with van der Waals surface area (Å²) in [5.74, 6) is 1.12. The van der Waals surface area contributed by atoms with E-state index in [0.29, 0.717) is 6.04 Å². The SMILES string of the molecule is CC(C)(C)C(CCO)NC1=NCCC1. The van der Waals surface area contributed by atoms with Crippen LogP contribution in [0, 0.1) is 5.41 Å². The molecule has 1 heterocycles. The highest BCUT2D eigenvalue weighted by atomic mass is 16.3. The number of aliphatic hydroxyl groups is 1. The molecule has 82 valence electrons. The molecule has 1 rings (SSSR count). The Bertz CT molecular complexity index is 206. The first kappa shape index (κ1) is 11.5. The summed E-state index contributed by atoms with van der Waals surface area (Å²) in [5, 5.41) is 12.4. The van der Waals surface area contributed by atoms with Crippen LogP contribution in [0.2, 0.25) is 0 Å². The van der Waals surface area contributed by atoms with Gasteiger partial charge in [0.15, 0.2) is 0 Å². The number of aliphatic hydroxyl groups excluding tert-OH is 1. The van der Waals surface area contributed by atoms with Crippen molar-refractivity contribution in [1.29, 1.82) is 0 Å². The molecular weight excluding hydrogens is 176 g/mol. The van der Waals surface area contributed by atoms with Gasteiger partial charge in [-0.1, -0.05) is 20.8 Å². The van der Waals surface area contributed by atoms with Gasteiger partial charge in [0.05, 0.1) is 5.84 Å². The number of nitrogens with zero attached hydrogens (tertiary/aromatic N) is 1. The van der Waals surface area contributed by atoms with Crippen LogP contribution < -0.4 is 5.32 Å². The van der Waals surface area contributed by atoms with Crippen molar-refractivity contribution in [2.45, 2.75) is 46.1 Å². The molecule has 1 unspecified atom stereocenters. The predicted molar refractivity (Wildman–Crippen MR) is 59.6 cm³/mol. The maximum absolute atomic E-state index is 8.99. The van der Waals surface area contributed by atoms with Crippen molar-refractivity contribution in [3.63, 3.8) is 0 Å². The van der Waals surface area contributed by atoms with E-state index in [1.54, 1.807) is 0 Å². The van der Waals surface area contributed by atoms with Gasteiger partial charge in [-0.05, 0) is 18.3 Å². The van der Waals surface area contributed by atoms with Crippen LogP contribution in [0.25, 0.3) is 0 Å². The highest BCUT2D eigenvalue weighted by Gasteiger charge is 2.25. The Balaban J connectivity index is 2.50. The van der Waals surface area contributed by atoms with Gasteiger partial charge in [0.2, 0.25) is 0 Å². The average molecular weight is 198 g/mol. The molecule has 3 heteroatoms. The molecule has 0 saturated carbocycles. The lowest BCUT2D eigenvalue weighted by Crippen LogP contribution is -2.43. The fourth-order valence-electron chi connectivity index (χ4n) is 1.71. The van der Waals surface area contributed by atoms with E-state index in [2.05, 4.69) is 31.1 Å². The minimum absolute atomic E-state index is 0.174. The maximum atomic E-state index is 8.99. The van der Waals surface area contributed by atoms with Crippen molar-refractivity contribution in [3.8, 4) is 0 Å². The van der Waals surface area contributed by atoms with Gasteiger partial charge in [-0.2, -0.15) is 0 Å². The molecule has 1 aliphatic heterocycles. The Morgan fingerprint density at radius 2 is 2.21 bits per heavy atom. The highest BCUT2D eigenvalue weighted by Crippen LogP contribution is 2.22. The van der Waals surface area contributed by atoms with Gasteiger partial charge < -0.3 is 10.4 Å². The van der Waals surface area contributed by atoms with Crippen molar-refractivity contribution in [2.24, 2.45) is 10.4 Å². The zero-order valence-electron chi connectivity index (χ0n) is 9.51. The van der Waals surface area contributed by atoms with Crippen molar-refractivity contribution in [2.75, 3.05) is 13.2 Å². The summed E-state index contributed by atoms with van der Waals surface area (Å²) in [6.45, 7) is 7.77. The van der Waals surface area contributed by atoms with Crippen LogP contribution in [0.15, 0.2) is 4.99 Å². The molecule has 14 heavy (non-hydrogen) atoms. The first-order valence-electron chi connectivity index (χ1n) is 5.45. The molecule has 0 aromatic carbocycles. The molecule has 1 aliphatic rings. The lowest BCUT2D eigenvalue weighted by molar-refractivity contribution is 0.212. The Hall–Kier alpha value is -0.570. The Kier molecular flexibility index (Phi) is 3.93. The Morgan fingerprint density at radius 3 is 2.64 bits per heavy atom. The van der Waals surface area contributed by atoms with E-state index in [1.165, 1.54) is 6.42 Å². The van der Waals surface area contributed by atoms with Crippen molar-refractivity contribution in [1.82, 2.24) is 5.32 Å². The summed E-state index contributed by atoms with van der Waals surface area (Å²) in [4.78, 5) is 4.40. The molecule has 0 fully saturated rings. The third kappa shape index (κ3) is 3.29. The molecule has 0 amide bonds. The number of hydrogen-bond acceptors (Lipinski definition) is 3. The number of rotatable bonds is 3. The summed E-state index contributed by atoms with van der Waals surface area (Å²) >= 11 is 0. The van der Waals surface area contributed by atoms with Crippen LogP contribution in [0.5, 0.6) is 0 Å². The summed E-state index contributed by atoms with van der Waals surface area (Å²) < 4.78 is 0. The number of hydrogen-bond donors (Lipinski definition) is 2. The molecule has 0 aromatic heterocycles. The fraction of sp³-hybridized carbons (Fsp3) is 0.909. The van der Waals surface area contributed by atoms with Crippen molar-refractivity contribution < 1.29 is 5.11 Å². The van der Waals surface area contributed by atoms with E-state index in [0.717, 1.165) is 25.2 Å². The van der Waals surface area contributed by atoms with Gasteiger partial charge in [-0.15, -0.1) is 0 Å². The second-order valence-corrected chi connectivity index (χ2v) is 5.01. The summed E-state index contributed by atoms with van der Waals surface area (Å²) in [6, 6.07) is 0.323. The minimum Gasteiger partial charge on any atom is -0.396 e. The third-order valence-electron chi connectivity index (χ3n) is 2.68. The molecule has 0 aromatic rings. The molecule has 1 atom stereocenters. The molecule has 0 bridgehead atoms. The van der Waals surface area contributed by atoms with Gasteiger partial charge in [-0.25, -0.2) is 0 Å². The van der Waals surface area contributed by atoms with Crippen LogP contribution >= 0.6 is 0 Å². The first-order chi connectivity index (χ1) is 6.54. The zero-order valence-corrected chi connectivity index (χ0v) is 9.51. The standard InChI is InChI=1S/C11H22N2O/c1-11(2,3)9(6-8-14)13-10-5-4-7-12-10/h9,14H,4-8H2,1-3H3,(H,12,13). The summed E-state index contributed by atoms with van der Waals surface area (Å²) in [7, 11) is 0. The maximum Gasteiger partial charge on any atom is 0.0966 e. The first-order valence-corrected chi connectivity index (χ1v) is 5.45. The Labute approximate surface area is 86.6 Å². The number of nitrogens with one attached hydrogen (secondary N) is 1.